The molecule has 0 radical (unpaired) electrons. The van der Waals surface area contributed by atoms with E-state index < -0.39 is 6.35 Å². The number of carbonyl (C=O) groups excluding carboxylic acids is 1. The van der Waals surface area contributed by atoms with E-state index in [1.807, 2.05) is 0 Å². The van der Waals surface area contributed by atoms with Crippen LogP contribution in [-0.2, 0) is 4.79 Å². The van der Waals surface area contributed by atoms with E-state index in [4.69, 9.17) is 5.11 Å². The predicted octanol–water partition coefficient (Wildman–Crippen LogP) is -1.30. The number of nitrogens with one attached hydrogen (secondary N) is 2. The van der Waals surface area contributed by atoms with E-state index >= 15 is 0 Å². The second kappa shape index (κ2) is 2.33. The van der Waals surface area contributed by atoms with Crippen LogP contribution in [0.25, 0.3) is 0 Å². The Kier molecular flexibility index (Phi) is 1.69. The molecule has 2 atom stereocenters. The molecule has 4 nitrogen and oxygen atoms in total. The summed E-state index contributed by atoms with van der Waals surface area (Å²) in [4.78, 5) is 10.6. The van der Waals surface area contributed by atoms with E-state index in [1.54, 1.807) is 0 Å². The summed E-state index contributed by atoms with van der Waals surface area (Å²) in [5.41, 5.74) is 0. The summed E-state index contributed by atoms with van der Waals surface area (Å²) in [5, 5.41) is 13.9. The van der Waals surface area contributed by atoms with Crippen molar-refractivity contribution in [2.45, 2.75) is 6.35 Å². The van der Waals surface area contributed by atoms with E-state index in [-0.39, 0.29) is 5.91 Å². The van der Waals surface area contributed by atoms with Crippen LogP contribution in [0.15, 0.2) is 11.5 Å². The van der Waals surface area contributed by atoms with E-state index in [9.17, 15) is 4.79 Å². The minimum atomic E-state index is -0.943. The zero-order valence-electron chi connectivity index (χ0n) is 4.59. The molecule has 50 valence electrons. The van der Waals surface area contributed by atoms with Gasteiger partial charge in [0.2, 0.25) is 6.35 Å². The highest BCUT2D eigenvalue weighted by atomic mass is 31.0. The van der Waals surface area contributed by atoms with Crippen LogP contribution in [0.2, 0.25) is 0 Å². The van der Waals surface area contributed by atoms with Crippen molar-refractivity contribution >= 4 is 15.1 Å². The summed E-state index contributed by atoms with van der Waals surface area (Å²) in [6, 6.07) is 0. The van der Waals surface area contributed by atoms with Crippen LogP contribution in [-0.4, -0.2) is 17.4 Å². The summed E-state index contributed by atoms with van der Waals surface area (Å²) in [7, 11) is 2.24. The molecular formula is C4H7N2O2P. The van der Waals surface area contributed by atoms with Crippen LogP contribution in [0.4, 0.5) is 0 Å². The van der Waals surface area contributed by atoms with Crippen LogP contribution in [0.3, 0.4) is 0 Å². The first kappa shape index (κ1) is 6.52. The van der Waals surface area contributed by atoms with Crippen molar-refractivity contribution in [2.24, 2.45) is 0 Å². The molecule has 1 amide bonds. The van der Waals surface area contributed by atoms with Gasteiger partial charge in [0.15, 0.2) is 0 Å². The maximum atomic E-state index is 10.6. The van der Waals surface area contributed by atoms with Crippen molar-refractivity contribution in [1.29, 1.82) is 0 Å². The van der Waals surface area contributed by atoms with Gasteiger partial charge in [0.25, 0.3) is 5.91 Å². The molecule has 0 fully saturated rings. The third-order valence-electron chi connectivity index (χ3n) is 0.927. The highest BCUT2D eigenvalue weighted by molar-refractivity contribution is 7.25. The Morgan fingerprint density at radius 2 is 2.44 bits per heavy atom. The highest BCUT2D eigenvalue weighted by Gasteiger charge is 2.13. The molecule has 3 N–H and O–H groups in total. The lowest BCUT2D eigenvalue weighted by Gasteiger charge is -2.17. The topological polar surface area (TPSA) is 61.4 Å². The van der Waals surface area contributed by atoms with Crippen LogP contribution in [0, 0.1) is 0 Å². The third kappa shape index (κ3) is 1.40. The Morgan fingerprint density at radius 1 is 1.78 bits per heavy atom. The van der Waals surface area contributed by atoms with Crippen LogP contribution >= 0.6 is 9.24 Å². The largest absolute Gasteiger partial charge is 0.356 e. The molecule has 1 rings (SSSR count). The van der Waals surface area contributed by atoms with Crippen molar-refractivity contribution in [2.75, 3.05) is 0 Å². The molecule has 0 aliphatic carbocycles. The van der Waals surface area contributed by atoms with Crippen LogP contribution in [0.1, 0.15) is 0 Å². The Hall–Kier alpha value is -0.600. The summed E-state index contributed by atoms with van der Waals surface area (Å²) >= 11 is 0. The van der Waals surface area contributed by atoms with Gasteiger partial charge in [-0.3, -0.25) is 4.79 Å². The second-order valence-electron chi connectivity index (χ2n) is 1.64. The van der Waals surface area contributed by atoms with Gasteiger partial charge in [0.1, 0.15) is 0 Å². The molecule has 1 aliphatic heterocycles. The summed E-state index contributed by atoms with van der Waals surface area (Å²) < 4.78 is 0. The number of aliphatic hydroxyl groups is 1. The predicted molar refractivity (Wildman–Crippen MR) is 35.1 cm³/mol. The molecule has 9 heavy (non-hydrogen) atoms. The monoisotopic (exact) mass is 146 g/mol. The summed E-state index contributed by atoms with van der Waals surface area (Å²) in [6.07, 6.45) is 0.496. The SMILES string of the molecule is O=C1NC(O)NC=C1P. The minimum Gasteiger partial charge on any atom is -0.356 e. The van der Waals surface area contributed by atoms with Crippen molar-refractivity contribution < 1.29 is 9.90 Å². The molecule has 0 aromatic carbocycles. The summed E-state index contributed by atoms with van der Waals surface area (Å²) in [6.45, 7) is 0. The zero-order valence-corrected chi connectivity index (χ0v) is 5.74. The van der Waals surface area contributed by atoms with E-state index in [0.29, 0.717) is 5.31 Å². The molecule has 0 saturated carbocycles. The van der Waals surface area contributed by atoms with Crippen molar-refractivity contribution in [3.63, 3.8) is 0 Å². The number of hydrogen-bond acceptors (Lipinski definition) is 3. The first-order valence-corrected chi connectivity index (χ1v) is 2.98. The smallest absolute Gasteiger partial charge is 0.256 e. The minimum absolute atomic E-state index is 0.272. The van der Waals surface area contributed by atoms with Gasteiger partial charge in [-0.2, -0.15) is 0 Å². The molecule has 5 heteroatoms. The van der Waals surface area contributed by atoms with Crippen LogP contribution < -0.4 is 10.6 Å². The molecule has 1 aliphatic rings. The van der Waals surface area contributed by atoms with E-state index in [1.165, 1.54) is 6.20 Å². The molecule has 0 saturated heterocycles. The number of amides is 1. The molecule has 0 aromatic heterocycles. The fourth-order valence-corrected chi connectivity index (χ4v) is 0.663. The van der Waals surface area contributed by atoms with E-state index in [2.05, 4.69) is 19.9 Å². The van der Waals surface area contributed by atoms with Gasteiger partial charge in [0, 0.05) is 6.20 Å². The number of rotatable bonds is 0. The molecule has 2 unspecified atom stereocenters. The summed E-state index contributed by atoms with van der Waals surface area (Å²) in [5.74, 6) is -0.272. The fourth-order valence-electron chi connectivity index (χ4n) is 0.483. The van der Waals surface area contributed by atoms with Gasteiger partial charge >= 0.3 is 0 Å². The van der Waals surface area contributed by atoms with E-state index in [0.717, 1.165) is 0 Å². The maximum Gasteiger partial charge on any atom is 0.256 e. The Bertz CT molecular complexity index is 168. The number of aliphatic hydroxyl groups excluding tert-OH is 1. The average molecular weight is 146 g/mol. The van der Waals surface area contributed by atoms with Gasteiger partial charge in [-0.15, -0.1) is 0 Å². The quantitative estimate of drug-likeness (QED) is 0.372. The molecule has 0 bridgehead atoms. The van der Waals surface area contributed by atoms with Crippen molar-refractivity contribution in [3.05, 3.63) is 11.5 Å². The van der Waals surface area contributed by atoms with Gasteiger partial charge in [0.05, 0.1) is 5.31 Å². The number of carbonyl (C=O) groups is 1. The Labute approximate surface area is 54.5 Å². The third-order valence-corrected chi connectivity index (χ3v) is 1.36. The number of hydrogen-bond donors (Lipinski definition) is 3. The highest BCUT2D eigenvalue weighted by Crippen LogP contribution is 2.05. The molecular weight excluding hydrogens is 139 g/mol. The average Bonchev–Trinajstić information content (AvgIpc) is 1.80. The van der Waals surface area contributed by atoms with Crippen molar-refractivity contribution in [3.8, 4) is 0 Å². The second-order valence-corrected chi connectivity index (χ2v) is 2.26. The first-order chi connectivity index (χ1) is 4.20. The van der Waals surface area contributed by atoms with Crippen LogP contribution in [0.5, 0.6) is 0 Å². The van der Waals surface area contributed by atoms with Gasteiger partial charge in [-0.1, -0.05) is 9.24 Å². The van der Waals surface area contributed by atoms with Gasteiger partial charge < -0.3 is 15.7 Å². The lowest BCUT2D eigenvalue weighted by molar-refractivity contribution is -0.120. The lowest BCUT2D eigenvalue weighted by Crippen LogP contribution is -2.46. The van der Waals surface area contributed by atoms with Gasteiger partial charge in [-0.25, -0.2) is 0 Å². The van der Waals surface area contributed by atoms with Crippen molar-refractivity contribution in [1.82, 2.24) is 10.6 Å². The normalized spacial score (nSPS) is 26.2. The molecule has 0 spiro atoms. The van der Waals surface area contributed by atoms with Gasteiger partial charge in [-0.05, 0) is 0 Å². The Morgan fingerprint density at radius 3 is 2.89 bits per heavy atom. The molecule has 0 aromatic rings. The maximum absolute atomic E-state index is 10.6. The first-order valence-electron chi connectivity index (χ1n) is 2.41. The standard InChI is InChI=1S/C4H7N2O2P/c7-3-2(9)1-5-4(8)6-3/h1,4-5,8H,9H2,(H,6,7). The Balaban J connectivity index is 2.68. The zero-order chi connectivity index (χ0) is 6.85. The molecule has 1 heterocycles. The fraction of sp³-hybridized carbons (Fsp3) is 0.250. The lowest BCUT2D eigenvalue weighted by atomic mass is 10.5.